The Hall–Kier alpha value is -1.44. The number of aromatic carboxylic acids is 1. The lowest BCUT2D eigenvalue weighted by Crippen LogP contribution is -2.42. The average Bonchev–Trinajstić information content (AvgIpc) is 3.01. The minimum Gasteiger partial charge on any atom is -0.478 e. The van der Waals surface area contributed by atoms with Crippen molar-refractivity contribution < 1.29 is 18.3 Å². The van der Waals surface area contributed by atoms with Crippen molar-refractivity contribution in [3.63, 3.8) is 0 Å². The maximum Gasteiger partial charge on any atom is 0.335 e. The van der Waals surface area contributed by atoms with Crippen molar-refractivity contribution in [3.05, 3.63) is 29.8 Å². The van der Waals surface area contributed by atoms with E-state index in [4.69, 9.17) is 5.11 Å². The van der Waals surface area contributed by atoms with Gasteiger partial charge < -0.3 is 10.0 Å². The molecule has 0 saturated heterocycles. The predicted molar refractivity (Wildman–Crippen MR) is 88.1 cm³/mol. The predicted octanol–water partition coefficient (Wildman–Crippen LogP) is 1.88. The Labute approximate surface area is 137 Å². The van der Waals surface area contributed by atoms with Crippen LogP contribution in [0.3, 0.4) is 0 Å². The Morgan fingerprint density at radius 3 is 2.17 bits per heavy atom. The van der Waals surface area contributed by atoms with E-state index >= 15 is 0 Å². The maximum atomic E-state index is 13.0. The van der Waals surface area contributed by atoms with E-state index in [0.29, 0.717) is 13.1 Å². The standard InChI is InChI=1S/C16H24N2O4S/c1-17(2)11-12-18(14-5-3-4-6-14)23(21,22)15-9-7-13(8-10-15)16(19)20/h7-10,14H,3-6,11-12H2,1-2H3,(H,19,20). The number of hydrogen-bond acceptors (Lipinski definition) is 4. The fourth-order valence-electron chi connectivity index (χ4n) is 2.89. The van der Waals surface area contributed by atoms with Gasteiger partial charge in [0, 0.05) is 19.1 Å². The van der Waals surface area contributed by atoms with Crippen LogP contribution in [0.4, 0.5) is 0 Å². The molecule has 128 valence electrons. The van der Waals surface area contributed by atoms with Gasteiger partial charge in [0.1, 0.15) is 0 Å². The van der Waals surface area contributed by atoms with Crippen LogP contribution in [0, 0.1) is 0 Å². The Morgan fingerprint density at radius 1 is 1.13 bits per heavy atom. The second kappa shape index (κ2) is 7.42. The first-order chi connectivity index (χ1) is 10.8. The molecule has 0 bridgehead atoms. The number of carboxylic acid groups (broad SMARTS) is 1. The second-order valence-corrected chi connectivity index (χ2v) is 8.08. The molecular formula is C16H24N2O4S. The molecule has 0 atom stereocenters. The van der Waals surface area contributed by atoms with Crippen molar-refractivity contribution in [1.82, 2.24) is 9.21 Å². The fraction of sp³-hybridized carbons (Fsp3) is 0.562. The Bertz CT molecular complexity index is 635. The van der Waals surface area contributed by atoms with E-state index in [0.717, 1.165) is 25.7 Å². The number of benzene rings is 1. The van der Waals surface area contributed by atoms with Gasteiger partial charge in [-0.1, -0.05) is 12.8 Å². The van der Waals surface area contributed by atoms with Gasteiger partial charge in [0.05, 0.1) is 10.5 Å². The van der Waals surface area contributed by atoms with Crippen molar-refractivity contribution in [3.8, 4) is 0 Å². The number of hydrogen-bond donors (Lipinski definition) is 1. The molecule has 0 amide bonds. The summed E-state index contributed by atoms with van der Waals surface area (Å²) in [7, 11) is 0.227. The molecule has 23 heavy (non-hydrogen) atoms. The first kappa shape index (κ1) is 17.9. The summed E-state index contributed by atoms with van der Waals surface area (Å²) in [6.45, 7) is 1.10. The largest absolute Gasteiger partial charge is 0.478 e. The molecular weight excluding hydrogens is 316 g/mol. The lowest BCUT2D eigenvalue weighted by Gasteiger charge is -2.29. The quantitative estimate of drug-likeness (QED) is 0.820. The van der Waals surface area contributed by atoms with Gasteiger partial charge in [-0.05, 0) is 51.2 Å². The van der Waals surface area contributed by atoms with Crippen LogP contribution >= 0.6 is 0 Å². The Morgan fingerprint density at radius 2 is 1.70 bits per heavy atom. The lowest BCUT2D eigenvalue weighted by molar-refractivity contribution is 0.0696. The molecule has 0 aliphatic heterocycles. The summed E-state index contributed by atoms with van der Waals surface area (Å²) < 4.78 is 27.5. The summed E-state index contributed by atoms with van der Waals surface area (Å²) in [5.41, 5.74) is 0.0876. The van der Waals surface area contributed by atoms with E-state index in [2.05, 4.69) is 0 Å². The van der Waals surface area contributed by atoms with Crippen LogP contribution < -0.4 is 0 Å². The van der Waals surface area contributed by atoms with Gasteiger partial charge in [0.15, 0.2) is 0 Å². The molecule has 0 radical (unpaired) electrons. The minimum atomic E-state index is -3.61. The third-order valence-corrected chi connectivity index (χ3v) is 6.17. The van der Waals surface area contributed by atoms with Gasteiger partial charge in [0.25, 0.3) is 0 Å². The molecule has 6 nitrogen and oxygen atoms in total. The van der Waals surface area contributed by atoms with Gasteiger partial charge >= 0.3 is 5.97 Å². The molecule has 1 fully saturated rings. The third kappa shape index (κ3) is 4.31. The molecule has 0 spiro atoms. The van der Waals surface area contributed by atoms with Gasteiger partial charge in [0.2, 0.25) is 10.0 Å². The summed E-state index contributed by atoms with van der Waals surface area (Å²) in [6, 6.07) is 5.49. The van der Waals surface area contributed by atoms with E-state index in [9.17, 15) is 13.2 Å². The maximum absolute atomic E-state index is 13.0. The summed E-state index contributed by atoms with van der Waals surface area (Å²) in [4.78, 5) is 13.0. The van der Waals surface area contributed by atoms with Crippen LogP contribution in [0.5, 0.6) is 0 Å². The lowest BCUT2D eigenvalue weighted by atomic mass is 10.2. The summed E-state index contributed by atoms with van der Waals surface area (Å²) in [5, 5.41) is 8.94. The molecule has 1 N–H and O–H groups in total. The molecule has 1 aliphatic rings. The highest BCUT2D eigenvalue weighted by molar-refractivity contribution is 7.89. The van der Waals surface area contributed by atoms with Gasteiger partial charge in [-0.3, -0.25) is 0 Å². The van der Waals surface area contributed by atoms with Crippen molar-refractivity contribution in [2.24, 2.45) is 0 Å². The zero-order valence-electron chi connectivity index (χ0n) is 13.6. The van der Waals surface area contributed by atoms with Crippen molar-refractivity contribution >= 4 is 16.0 Å². The number of sulfonamides is 1. The topological polar surface area (TPSA) is 77.9 Å². The molecule has 7 heteroatoms. The molecule has 0 aromatic heterocycles. The first-order valence-corrected chi connectivity index (χ1v) is 9.26. The highest BCUT2D eigenvalue weighted by Gasteiger charge is 2.33. The summed E-state index contributed by atoms with van der Waals surface area (Å²) in [5.74, 6) is -1.06. The van der Waals surface area contributed by atoms with Crippen LogP contribution in [0.2, 0.25) is 0 Å². The van der Waals surface area contributed by atoms with Crippen LogP contribution in [0.25, 0.3) is 0 Å². The summed E-state index contributed by atoms with van der Waals surface area (Å²) in [6.07, 6.45) is 3.88. The molecule has 0 heterocycles. The normalized spacial score (nSPS) is 16.3. The third-order valence-electron chi connectivity index (χ3n) is 4.21. The minimum absolute atomic E-state index is 0.0408. The second-order valence-electron chi connectivity index (χ2n) is 6.19. The summed E-state index contributed by atoms with van der Waals surface area (Å²) >= 11 is 0. The number of nitrogens with zero attached hydrogens (tertiary/aromatic N) is 2. The van der Waals surface area contributed by atoms with Gasteiger partial charge in [-0.2, -0.15) is 4.31 Å². The number of carboxylic acids is 1. The molecule has 1 aromatic carbocycles. The molecule has 1 aromatic rings. The number of rotatable bonds is 7. The zero-order valence-corrected chi connectivity index (χ0v) is 14.4. The van der Waals surface area contributed by atoms with E-state index in [-0.39, 0.29) is 16.5 Å². The smallest absolute Gasteiger partial charge is 0.335 e. The van der Waals surface area contributed by atoms with Crippen molar-refractivity contribution in [2.45, 2.75) is 36.6 Å². The van der Waals surface area contributed by atoms with Gasteiger partial charge in [-0.15, -0.1) is 0 Å². The van der Waals surface area contributed by atoms with Crippen LogP contribution in [-0.4, -0.2) is 61.9 Å². The van der Waals surface area contributed by atoms with Crippen LogP contribution in [-0.2, 0) is 10.0 Å². The van der Waals surface area contributed by atoms with Crippen molar-refractivity contribution in [2.75, 3.05) is 27.2 Å². The van der Waals surface area contributed by atoms with Gasteiger partial charge in [-0.25, -0.2) is 13.2 Å². The molecule has 2 rings (SSSR count). The molecule has 0 unspecified atom stereocenters. The zero-order chi connectivity index (χ0) is 17.0. The highest BCUT2D eigenvalue weighted by atomic mass is 32.2. The monoisotopic (exact) mass is 340 g/mol. The SMILES string of the molecule is CN(C)CCN(C1CCCC1)S(=O)(=O)c1ccc(C(=O)O)cc1. The fourth-order valence-corrected chi connectivity index (χ4v) is 4.57. The van der Waals surface area contributed by atoms with Crippen molar-refractivity contribution in [1.29, 1.82) is 0 Å². The molecule has 1 aliphatic carbocycles. The number of likely N-dealkylation sites (N-methyl/N-ethyl adjacent to an activating group) is 1. The highest BCUT2D eigenvalue weighted by Crippen LogP contribution is 2.28. The average molecular weight is 340 g/mol. The van der Waals surface area contributed by atoms with Crippen LogP contribution in [0.1, 0.15) is 36.0 Å². The van der Waals surface area contributed by atoms with E-state index < -0.39 is 16.0 Å². The first-order valence-electron chi connectivity index (χ1n) is 7.82. The Kier molecular flexibility index (Phi) is 5.78. The molecule has 1 saturated carbocycles. The van der Waals surface area contributed by atoms with E-state index in [1.54, 1.807) is 4.31 Å². The number of carbonyl (C=O) groups is 1. The van der Waals surface area contributed by atoms with E-state index in [1.165, 1.54) is 24.3 Å². The van der Waals surface area contributed by atoms with Crippen LogP contribution in [0.15, 0.2) is 29.2 Å². The Balaban J connectivity index is 2.28. The van der Waals surface area contributed by atoms with E-state index in [1.807, 2.05) is 19.0 Å².